The predicted molar refractivity (Wildman–Crippen MR) is 88.5 cm³/mol. The van der Waals surface area contributed by atoms with Crippen molar-refractivity contribution >= 4 is 40.9 Å². The van der Waals surface area contributed by atoms with Crippen LogP contribution in [0, 0.1) is 11.6 Å². The van der Waals surface area contributed by atoms with Crippen molar-refractivity contribution in [3.05, 3.63) is 58.6 Å². The number of methoxy groups -OCH3 is 1. The Labute approximate surface area is 146 Å². The Morgan fingerprint density at radius 1 is 1.17 bits per heavy atom. The van der Waals surface area contributed by atoms with Crippen LogP contribution in [0.1, 0.15) is 10.4 Å². The second-order valence-corrected chi connectivity index (χ2v) is 6.05. The van der Waals surface area contributed by atoms with Gasteiger partial charge in [0.2, 0.25) is 5.91 Å². The molecule has 8 heteroatoms. The van der Waals surface area contributed by atoms with Gasteiger partial charge in [0.25, 0.3) is 0 Å². The van der Waals surface area contributed by atoms with Crippen LogP contribution in [0.2, 0.25) is 5.02 Å². The summed E-state index contributed by atoms with van der Waals surface area (Å²) in [5.74, 6) is -2.92. The lowest BCUT2D eigenvalue weighted by Gasteiger charge is -2.08. The van der Waals surface area contributed by atoms with Crippen LogP contribution >= 0.6 is 23.4 Å². The largest absolute Gasteiger partial charge is 0.465 e. The number of amides is 1. The van der Waals surface area contributed by atoms with E-state index in [0.29, 0.717) is 10.6 Å². The highest BCUT2D eigenvalue weighted by Gasteiger charge is 2.13. The predicted octanol–water partition coefficient (Wildman–Crippen LogP) is 4.14. The van der Waals surface area contributed by atoms with Crippen LogP contribution in [0.4, 0.5) is 14.5 Å². The number of rotatable bonds is 5. The number of carbonyl (C=O) groups is 2. The summed E-state index contributed by atoms with van der Waals surface area (Å²) < 4.78 is 30.5. The van der Waals surface area contributed by atoms with Crippen molar-refractivity contribution < 1.29 is 23.1 Å². The molecule has 0 aromatic heterocycles. The van der Waals surface area contributed by atoms with Crippen molar-refractivity contribution in [2.75, 3.05) is 18.2 Å². The lowest BCUT2D eigenvalue weighted by atomic mass is 10.2. The summed E-state index contributed by atoms with van der Waals surface area (Å²) in [6.45, 7) is 0. The Bertz CT molecular complexity index is 786. The fraction of sp³-hybridized carbons (Fsp3) is 0.125. The van der Waals surface area contributed by atoms with Crippen LogP contribution in [0.15, 0.2) is 41.3 Å². The maximum Gasteiger partial charge on any atom is 0.339 e. The van der Waals surface area contributed by atoms with Gasteiger partial charge in [0.15, 0.2) is 11.6 Å². The fourth-order valence-corrected chi connectivity index (χ4v) is 2.70. The van der Waals surface area contributed by atoms with Gasteiger partial charge in [0.05, 0.1) is 23.4 Å². The molecule has 0 unspecified atom stereocenters. The van der Waals surface area contributed by atoms with E-state index in [1.165, 1.54) is 31.4 Å². The molecule has 2 aromatic rings. The molecule has 0 spiro atoms. The van der Waals surface area contributed by atoms with Crippen LogP contribution in [0.5, 0.6) is 0 Å². The first-order valence-electron chi connectivity index (χ1n) is 6.66. The number of ether oxygens (including phenoxy) is 1. The zero-order valence-electron chi connectivity index (χ0n) is 12.4. The quantitative estimate of drug-likeness (QED) is 0.634. The van der Waals surface area contributed by atoms with Crippen LogP contribution in [0.25, 0.3) is 0 Å². The van der Waals surface area contributed by atoms with Gasteiger partial charge in [0, 0.05) is 10.6 Å². The van der Waals surface area contributed by atoms with Crippen LogP contribution in [0.3, 0.4) is 0 Å². The summed E-state index contributed by atoms with van der Waals surface area (Å²) in [7, 11) is 1.22. The molecule has 0 saturated carbocycles. The van der Waals surface area contributed by atoms with Gasteiger partial charge in [0.1, 0.15) is 0 Å². The first kappa shape index (κ1) is 18.2. The second-order valence-electron chi connectivity index (χ2n) is 4.60. The Kier molecular flexibility index (Phi) is 6.16. The number of halogens is 3. The first-order chi connectivity index (χ1) is 11.4. The molecule has 0 bridgehead atoms. The standard InChI is InChI=1S/C16H12ClF2NO3S/c1-23-16(22)11-6-9(2-4-12(11)17)20-15(21)8-24-10-3-5-13(18)14(19)7-10/h2-7H,8H2,1H3,(H,20,21). The zero-order valence-corrected chi connectivity index (χ0v) is 14.0. The Morgan fingerprint density at radius 3 is 2.58 bits per heavy atom. The highest BCUT2D eigenvalue weighted by Crippen LogP contribution is 2.23. The molecular weight excluding hydrogens is 360 g/mol. The van der Waals surface area contributed by atoms with Crippen molar-refractivity contribution in [2.24, 2.45) is 0 Å². The van der Waals surface area contributed by atoms with Gasteiger partial charge in [-0.1, -0.05) is 11.6 Å². The lowest BCUT2D eigenvalue weighted by Crippen LogP contribution is -2.14. The number of carbonyl (C=O) groups excluding carboxylic acids is 2. The molecule has 0 aliphatic rings. The smallest absolute Gasteiger partial charge is 0.339 e. The van der Waals surface area contributed by atoms with E-state index in [2.05, 4.69) is 10.1 Å². The molecular formula is C16H12ClF2NO3S. The van der Waals surface area contributed by atoms with Gasteiger partial charge < -0.3 is 10.1 Å². The van der Waals surface area contributed by atoms with E-state index in [0.717, 1.165) is 23.9 Å². The monoisotopic (exact) mass is 371 g/mol. The Hall–Kier alpha value is -2.12. The topological polar surface area (TPSA) is 55.4 Å². The number of anilines is 1. The maximum absolute atomic E-state index is 13.1. The van der Waals surface area contributed by atoms with Crippen LogP contribution < -0.4 is 5.32 Å². The first-order valence-corrected chi connectivity index (χ1v) is 8.02. The molecule has 0 heterocycles. The van der Waals surface area contributed by atoms with Crippen LogP contribution in [-0.4, -0.2) is 24.7 Å². The zero-order chi connectivity index (χ0) is 17.7. The summed E-state index contributed by atoms with van der Waals surface area (Å²) in [4.78, 5) is 23.9. The summed E-state index contributed by atoms with van der Waals surface area (Å²) in [6, 6.07) is 7.80. The number of hydrogen-bond acceptors (Lipinski definition) is 4. The Balaban J connectivity index is 1.99. The van der Waals surface area contributed by atoms with Gasteiger partial charge in [-0.25, -0.2) is 13.6 Å². The van der Waals surface area contributed by atoms with Gasteiger partial charge in [-0.2, -0.15) is 0 Å². The van der Waals surface area contributed by atoms with Crippen LogP contribution in [-0.2, 0) is 9.53 Å². The summed E-state index contributed by atoms with van der Waals surface area (Å²) in [6.07, 6.45) is 0. The van der Waals surface area contributed by atoms with Gasteiger partial charge in [-0.3, -0.25) is 4.79 Å². The SMILES string of the molecule is COC(=O)c1cc(NC(=O)CSc2ccc(F)c(F)c2)ccc1Cl. The van der Waals surface area contributed by atoms with E-state index >= 15 is 0 Å². The van der Waals surface area contributed by atoms with Crippen molar-refractivity contribution in [3.8, 4) is 0 Å². The minimum Gasteiger partial charge on any atom is -0.465 e. The molecule has 24 heavy (non-hydrogen) atoms. The maximum atomic E-state index is 13.1. The highest BCUT2D eigenvalue weighted by atomic mass is 35.5. The fourth-order valence-electron chi connectivity index (χ4n) is 1.78. The highest BCUT2D eigenvalue weighted by molar-refractivity contribution is 8.00. The van der Waals surface area contributed by atoms with Gasteiger partial charge in [-0.05, 0) is 36.4 Å². The molecule has 0 aliphatic heterocycles. The van der Waals surface area contributed by atoms with E-state index in [1.807, 2.05) is 0 Å². The van der Waals surface area contributed by atoms with Crippen molar-refractivity contribution in [1.82, 2.24) is 0 Å². The molecule has 0 fully saturated rings. The van der Waals surface area contributed by atoms with Crippen molar-refractivity contribution in [3.63, 3.8) is 0 Å². The van der Waals surface area contributed by atoms with E-state index in [1.54, 1.807) is 0 Å². The molecule has 4 nitrogen and oxygen atoms in total. The molecule has 0 saturated heterocycles. The van der Waals surface area contributed by atoms with E-state index in [4.69, 9.17) is 11.6 Å². The van der Waals surface area contributed by atoms with E-state index in [9.17, 15) is 18.4 Å². The summed E-state index contributed by atoms with van der Waals surface area (Å²) in [5, 5.41) is 2.80. The molecule has 2 rings (SSSR count). The van der Waals surface area contributed by atoms with Crippen molar-refractivity contribution in [1.29, 1.82) is 0 Å². The summed E-state index contributed by atoms with van der Waals surface area (Å²) in [5.41, 5.74) is 0.501. The minimum atomic E-state index is -0.971. The number of esters is 1. The molecule has 1 N–H and O–H groups in total. The molecule has 0 radical (unpaired) electrons. The van der Waals surface area contributed by atoms with Gasteiger partial charge >= 0.3 is 5.97 Å². The number of hydrogen-bond donors (Lipinski definition) is 1. The lowest BCUT2D eigenvalue weighted by molar-refractivity contribution is -0.113. The molecule has 0 atom stereocenters. The number of thioether (sulfide) groups is 1. The third kappa shape index (κ3) is 4.69. The molecule has 2 aromatic carbocycles. The molecule has 0 aliphatic carbocycles. The summed E-state index contributed by atoms with van der Waals surface area (Å²) >= 11 is 6.94. The minimum absolute atomic E-state index is 0.0126. The Morgan fingerprint density at radius 2 is 1.92 bits per heavy atom. The van der Waals surface area contributed by atoms with E-state index in [-0.39, 0.29) is 22.2 Å². The average molecular weight is 372 g/mol. The number of benzene rings is 2. The molecule has 126 valence electrons. The van der Waals surface area contributed by atoms with Gasteiger partial charge in [-0.15, -0.1) is 11.8 Å². The normalized spacial score (nSPS) is 10.3. The number of nitrogens with one attached hydrogen (secondary N) is 1. The third-order valence-electron chi connectivity index (χ3n) is 2.92. The third-order valence-corrected chi connectivity index (χ3v) is 4.24. The average Bonchev–Trinajstić information content (AvgIpc) is 2.57. The van der Waals surface area contributed by atoms with E-state index < -0.39 is 17.6 Å². The second kappa shape index (κ2) is 8.12. The molecule has 1 amide bonds. The van der Waals surface area contributed by atoms with Crippen molar-refractivity contribution in [2.45, 2.75) is 4.90 Å².